The van der Waals surface area contributed by atoms with Gasteiger partial charge in [0.05, 0.1) is 24.1 Å². The first-order valence-electron chi connectivity index (χ1n) is 8.27. The SMILES string of the molecule is COc1cc2c(cc1OC)CN(C(=O)c1ccc(Cl)c(S(C)(=O)=O)c1)CC2. The quantitative estimate of drug-likeness (QED) is 0.776. The molecule has 1 aliphatic heterocycles. The summed E-state index contributed by atoms with van der Waals surface area (Å²) in [5.74, 6) is 1.03. The third-order valence-corrected chi connectivity index (χ3v) is 6.16. The molecule has 27 heavy (non-hydrogen) atoms. The number of halogens is 1. The number of sulfone groups is 1. The van der Waals surface area contributed by atoms with E-state index >= 15 is 0 Å². The van der Waals surface area contributed by atoms with Crippen molar-refractivity contribution in [3.8, 4) is 11.5 Å². The minimum Gasteiger partial charge on any atom is -0.493 e. The number of carbonyl (C=O) groups is 1. The van der Waals surface area contributed by atoms with Crippen LogP contribution >= 0.6 is 11.6 Å². The number of hydrogen-bond donors (Lipinski definition) is 0. The first kappa shape index (κ1) is 19.5. The van der Waals surface area contributed by atoms with Gasteiger partial charge in [0.2, 0.25) is 0 Å². The zero-order valence-electron chi connectivity index (χ0n) is 15.3. The molecule has 0 fully saturated rings. The molecule has 0 aromatic heterocycles. The van der Waals surface area contributed by atoms with Crippen molar-refractivity contribution in [2.75, 3.05) is 27.0 Å². The van der Waals surface area contributed by atoms with Crippen molar-refractivity contribution < 1.29 is 22.7 Å². The van der Waals surface area contributed by atoms with Gasteiger partial charge in [0.15, 0.2) is 21.3 Å². The Kier molecular flexibility index (Phi) is 5.35. The first-order valence-corrected chi connectivity index (χ1v) is 10.5. The second-order valence-corrected chi connectivity index (χ2v) is 8.76. The molecule has 1 amide bonds. The maximum atomic E-state index is 12.9. The first-order chi connectivity index (χ1) is 12.7. The monoisotopic (exact) mass is 409 g/mol. The predicted molar refractivity (Wildman–Crippen MR) is 103 cm³/mol. The van der Waals surface area contributed by atoms with Crippen LogP contribution in [0.15, 0.2) is 35.2 Å². The van der Waals surface area contributed by atoms with Gasteiger partial charge in [-0.15, -0.1) is 0 Å². The molecule has 0 N–H and O–H groups in total. The van der Waals surface area contributed by atoms with E-state index in [1.54, 1.807) is 25.2 Å². The zero-order chi connectivity index (χ0) is 19.8. The molecule has 8 heteroatoms. The lowest BCUT2D eigenvalue weighted by atomic mass is 9.98. The Morgan fingerprint density at radius 3 is 2.30 bits per heavy atom. The fourth-order valence-corrected chi connectivity index (χ4v) is 4.46. The number of fused-ring (bicyclic) bond motifs is 1. The minimum atomic E-state index is -3.52. The van der Waals surface area contributed by atoms with E-state index in [1.165, 1.54) is 12.1 Å². The molecule has 1 heterocycles. The van der Waals surface area contributed by atoms with Crippen molar-refractivity contribution in [3.05, 3.63) is 52.0 Å². The lowest BCUT2D eigenvalue weighted by Gasteiger charge is -2.30. The van der Waals surface area contributed by atoms with Crippen molar-refractivity contribution >= 4 is 27.3 Å². The fraction of sp³-hybridized carbons (Fsp3) is 0.316. The average molecular weight is 410 g/mol. The van der Waals surface area contributed by atoms with Crippen LogP contribution < -0.4 is 9.47 Å². The van der Waals surface area contributed by atoms with E-state index in [9.17, 15) is 13.2 Å². The van der Waals surface area contributed by atoms with Crippen LogP contribution in [0.2, 0.25) is 5.02 Å². The number of nitrogens with zero attached hydrogens (tertiary/aromatic N) is 1. The molecule has 0 spiro atoms. The molecule has 2 aromatic carbocycles. The largest absolute Gasteiger partial charge is 0.493 e. The second kappa shape index (κ2) is 7.40. The van der Waals surface area contributed by atoms with Crippen LogP contribution in [0.5, 0.6) is 11.5 Å². The molecule has 0 atom stereocenters. The van der Waals surface area contributed by atoms with Crippen molar-refractivity contribution in [3.63, 3.8) is 0 Å². The van der Waals surface area contributed by atoms with Gasteiger partial charge in [0, 0.05) is 24.9 Å². The highest BCUT2D eigenvalue weighted by Gasteiger charge is 2.25. The van der Waals surface area contributed by atoms with Crippen LogP contribution in [0.3, 0.4) is 0 Å². The topological polar surface area (TPSA) is 72.9 Å². The Hall–Kier alpha value is -2.25. The summed E-state index contributed by atoms with van der Waals surface area (Å²) in [6, 6.07) is 8.13. The maximum Gasteiger partial charge on any atom is 0.254 e. The maximum absolute atomic E-state index is 12.9. The summed E-state index contributed by atoms with van der Waals surface area (Å²) in [5.41, 5.74) is 2.37. The van der Waals surface area contributed by atoms with Gasteiger partial charge in [0.25, 0.3) is 5.91 Å². The number of benzene rings is 2. The zero-order valence-corrected chi connectivity index (χ0v) is 16.9. The Bertz CT molecular complexity index is 1000. The third-order valence-electron chi connectivity index (χ3n) is 4.58. The third kappa shape index (κ3) is 3.89. The van der Waals surface area contributed by atoms with Crippen LogP contribution in [0.1, 0.15) is 21.5 Å². The summed E-state index contributed by atoms with van der Waals surface area (Å²) in [5, 5.41) is 0.106. The van der Waals surface area contributed by atoms with Gasteiger partial charge in [0.1, 0.15) is 0 Å². The summed E-state index contributed by atoms with van der Waals surface area (Å²) in [7, 11) is -0.367. The number of methoxy groups -OCH3 is 2. The smallest absolute Gasteiger partial charge is 0.254 e. The van der Waals surface area contributed by atoms with Crippen molar-refractivity contribution in [1.82, 2.24) is 4.90 Å². The van der Waals surface area contributed by atoms with Gasteiger partial charge >= 0.3 is 0 Å². The molecule has 6 nitrogen and oxygen atoms in total. The van der Waals surface area contributed by atoms with Gasteiger partial charge in [-0.2, -0.15) is 0 Å². The van der Waals surface area contributed by atoms with Gasteiger partial charge in [-0.3, -0.25) is 4.79 Å². The molecule has 0 saturated carbocycles. The molecule has 144 valence electrons. The van der Waals surface area contributed by atoms with Gasteiger partial charge < -0.3 is 14.4 Å². The molecule has 0 bridgehead atoms. The number of rotatable bonds is 4. The number of amides is 1. The highest BCUT2D eigenvalue weighted by Crippen LogP contribution is 2.33. The standard InChI is InChI=1S/C19H20ClNO5S/c1-25-16-8-12-6-7-21(11-14(12)9-17(16)26-2)19(22)13-4-5-15(20)18(10-13)27(3,23)24/h4-5,8-10H,6-7,11H2,1-3H3. The highest BCUT2D eigenvalue weighted by molar-refractivity contribution is 7.90. The van der Waals surface area contributed by atoms with Gasteiger partial charge in [-0.1, -0.05) is 11.6 Å². The molecule has 0 saturated heterocycles. The van der Waals surface area contributed by atoms with E-state index in [1.807, 2.05) is 12.1 Å². The molecule has 0 unspecified atom stereocenters. The number of ether oxygens (including phenoxy) is 2. The highest BCUT2D eigenvalue weighted by atomic mass is 35.5. The van der Waals surface area contributed by atoms with E-state index in [0.717, 1.165) is 17.4 Å². The van der Waals surface area contributed by atoms with Crippen LogP contribution in [-0.2, 0) is 22.8 Å². The van der Waals surface area contributed by atoms with E-state index in [4.69, 9.17) is 21.1 Å². The molecule has 2 aromatic rings. The minimum absolute atomic E-state index is 0.0427. The van der Waals surface area contributed by atoms with E-state index in [2.05, 4.69) is 0 Å². The second-order valence-electron chi connectivity index (χ2n) is 6.37. The summed E-state index contributed by atoms with van der Waals surface area (Å²) >= 11 is 5.97. The van der Waals surface area contributed by atoms with Crippen molar-refractivity contribution in [2.24, 2.45) is 0 Å². The average Bonchev–Trinajstić information content (AvgIpc) is 2.65. The Balaban J connectivity index is 1.90. The number of hydrogen-bond acceptors (Lipinski definition) is 5. The van der Waals surface area contributed by atoms with Crippen LogP contribution in [0.25, 0.3) is 0 Å². The van der Waals surface area contributed by atoms with Crippen LogP contribution in [0, 0.1) is 0 Å². The summed E-state index contributed by atoms with van der Waals surface area (Å²) in [6.45, 7) is 0.934. The van der Waals surface area contributed by atoms with Crippen molar-refractivity contribution in [1.29, 1.82) is 0 Å². The Morgan fingerprint density at radius 2 is 1.70 bits per heavy atom. The molecular weight excluding hydrogens is 390 g/mol. The molecule has 1 aliphatic rings. The normalized spacial score (nSPS) is 13.9. The summed E-state index contributed by atoms with van der Waals surface area (Å²) in [6.07, 6.45) is 1.74. The van der Waals surface area contributed by atoms with Gasteiger partial charge in [-0.25, -0.2) is 8.42 Å². The van der Waals surface area contributed by atoms with Crippen LogP contribution in [0.4, 0.5) is 0 Å². The van der Waals surface area contributed by atoms with E-state index < -0.39 is 9.84 Å². The molecular formula is C19H20ClNO5S. The number of carbonyl (C=O) groups excluding carboxylic acids is 1. The van der Waals surface area contributed by atoms with Crippen LogP contribution in [-0.4, -0.2) is 46.2 Å². The summed E-state index contributed by atoms with van der Waals surface area (Å²) < 4.78 is 34.4. The van der Waals surface area contributed by atoms with Gasteiger partial charge in [-0.05, 0) is 47.9 Å². The Morgan fingerprint density at radius 1 is 1.07 bits per heavy atom. The lowest BCUT2D eigenvalue weighted by Crippen LogP contribution is -2.36. The van der Waals surface area contributed by atoms with E-state index in [0.29, 0.717) is 36.6 Å². The van der Waals surface area contributed by atoms with E-state index in [-0.39, 0.29) is 15.8 Å². The molecule has 3 rings (SSSR count). The van der Waals surface area contributed by atoms with Crippen molar-refractivity contribution in [2.45, 2.75) is 17.9 Å². The fourth-order valence-electron chi connectivity index (χ4n) is 3.16. The summed E-state index contributed by atoms with van der Waals surface area (Å²) in [4.78, 5) is 14.6. The predicted octanol–water partition coefficient (Wildman–Crippen LogP) is 2.96. The molecule has 0 aliphatic carbocycles. The molecule has 0 radical (unpaired) electrons. The lowest BCUT2D eigenvalue weighted by molar-refractivity contribution is 0.0734. The Labute approximate surface area is 163 Å².